The molecule has 6 heteroatoms. The zero-order valence-electron chi connectivity index (χ0n) is 9.13. The highest BCUT2D eigenvalue weighted by Crippen LogP contribution is 2.43. The van der Waals surface area contributed by atoms with Crippen LogP contribution < -0.4 is 0 Å². The molecule has 1 aromatic carbocycles. The Kier molecular flexibility index (Phi) is 3.45. The van der Waals surface area contributed by atoms with Crippen LogP contribution in [0.15, 0.2) is 12.1 Å². The summed E-state index contributed by atoms with van der Waals surface area (Å²) in [7, 11) is 0. The Hall–Kier alpha value is -1.20. The van der Waals surface area contributed by atoms with Crippen molar-refractivity contribution < 1.29 is 26.3 Å². The van der Waals surface area contributed by atoms with Crippen LogP contribution >= 0.6 is 0 Å². The van der Waals surface area contributed by atoms with Gasteiger partial charge in [0.25, 0.3) is 0 Å². The van der Waals surface area contributed by atoms with Gasteiger partial charge in [-0.25, -0.2) is 0 Å². The molecular weight excluding hydrogens is 246 g/mol. The van der Waals surface area contributed by atoms with E-state index in [4.69, 9.17) is 0 Å². The predicted molar refractivity (Wildman–Crippen MR) is 50.6 cm³/mol. The van der Waals surface area contributed by atoms with Crippen LogP contribution in [0.3, 0.4) is 0 Å². The zero-order chi connectivity index (χ0) is 13.4. The van der Waals surface area contributed by atoms with Crippen LogP contribution in [0.5, 0.6) is 0 Å². The first-order valence-electron chi connectivity index (χ1n) is 4.86. The third-order valence-corrected chi connectivity index (χ3v) is 2.45. The zero-order valence-corrected chi connectivity index (χ0v) is 9.13. The molecule has 17 heavy (non-hydrogen) atoms. The van der Waals surface area contributed by atoms with Gasteiger partial charge in [-0.1, -0.05) is 19.1 Å². The van der Waals surface area contributed by atoms with E-state index in [0.29, 0.717) is 0 Å². The van der Waals surface area contributed by atoms with E-state index >= 15 is 0 Å². The van der Waals surface area contributed by atoms with Crippen molar-refractivity contribution in [2.45, 2.75) is 32.6 Å². The lowest BCUT2D eigenvalue weighted by Crippen LogP contribution is -2.20. The Morgan fingerprint density at radius 2 is 1.35 bits per heavy atom. The van der Waals surface area contributed by atoms with Crippen LogP contribution in [0.25, 0.3) is 0 Å². The van der Waals surface area contributed by atoms with E-state index in [1.54, 1.807) is 0 Å². The maximum absolute atomic E-state index is 12.7. The monoisotopic (exact) mass is 256 g/mol. The summed E-state index contributed by atoms with van der Waals surface area (Å²) < 4.78 is 76.1. The summed E-state index contributed by atoms with van der Waals surface area (Å²) in [6, 6.07) is 2.16. The lowest BCUT2D eigenvalue weighted by molar-refractivity contribution is -0.162. The molecule has 0 saturated carbocycles. The minimum atomic E-state index is -5.00. The maximum Gasteiger partial charge on any atom is 0.417 e. The Morgan fingerprint density at radius 1 is 0.882 bits per heavy atom. The molecule has 0 bridgehead atoms. The molecule has 0 spiro atoms. The number of alkyl halides is 6. The number of halogens is 6. The van der Waals surface area contributed by atoms with Gasteiger partial charge in [0.2, 0.25) is 0 Å². The molecule has 0 aromatic heterocycles. The lowest BCUT2D eigenvalue weighted by atomic mass is 9.94. The normalized spacial score (nSPS) is 12.9. The first-order valence-corrected chi connectivity index (χ1v) is 4.86. The fraction of sp³-hybridized carbons (Fsp3) is 0.455. The van der Waals surface area contributed by atoms with Gasteiger partial charge in [-0.2, -0.15) is 26.3 Å². The highest BCUT2D eigenvalue weighted by atomic mass is 19.4. The molecule has 0 radical (unpaired) electrons. The first kappa shape index (κ1) is 13.9. The summed E-state index contributed by atoms with van der Waals surface area (Å²) in [5.41, 5.74) is -3.89. The Morgan fingerprint density at radius 3 is 1.71 bits per heavy atom. The van der Waals surface area contributed by atoms with Crippen molar-refractivity contribution >= 4 is 0 Å². The molecule has 0 aliphatic heterocycles. The van der Waals surface area contributed by atoms with Gasteiger partial charge >= 0.3 is 12.4 Å². The van der Waals surface area contributed by atoms with Gasteiger partial charge in [0.05, 0.1) is 11.1 Å². The highest BCUT2D eigenvalue weighted by molar-refractivity contribution is 5.44. The second-order valence-corrected chi connectivity index (χ2v) is 3.64. The van der Waals surface area contributed by atoms with E-state index in [0.717, 1.165) is 19.1 Å². The summed E-state index contributed by atoms with van der Waals surface area (Å²) in [5, 5.41) is 0. The Labute approximate surface area is 94.2 Å². The molecule has 0 atom stereocenters. The van der Waals surface area contributed by atoms with Crippen molar-refractivity contribution in [2.24, 2.45) is 0 Å². The molecule has 0 heterocycles. The Bertz CT molecular complexity index is 413. The van der Waals surface area contributed by atoms with Gasteiger partial charge in [0.15, 0.2) is 0 Å². The van der Waals surface area contributed by atoms with Crippen LogP contribution in [-0.4, -0.2) is 0 Å². The summed E-state index contributed by atoms with van der Waals surface area (Å²) in [4.78, 5) is 0. The topological polar surface area (TPSA) is 0 Å². The van der Waals surface area contributed by atoms with E-state index in [-0.39, 0.29) is 12.0 Å². The van der Waals surface area contributed by atoms with E-state index in [1.165, 1.54) is 6.92 Å². The SMILES string of the molecule is CCc1ccc(C)c(C(F)(F)F)c1C(F)(F)F. The van der Waals surface area contributed by atoms with E-state index in [2.05, 4.69) is 0 Å². The first-order chi connectivity index (χ1) is 7.59. The number of benzene rings is 1. The molecule has 96 valence electrons. The maximum atomic E-state index is 12.7. The lowest BCUT2D eigenvalue weighted by Gasteiger charge is -2.20. The molecule has 0 aliphatic rings. The second kappa shape index (κ2) is 4.23. The van der Waals surface area contributed by atoms with Gasteiger partial charge in [0, 0.05) is 0 Å². The standard InChI is InChI=1S/C11H10F6/c1-3-7-5-4-6(2)8(10(12,13)14)9(7)11(15,16)17/h4-5H,3H2,1-2H3. The van der Waals surface area contributed by atoms with Crippen molar-refractivity contribution in [3.63, 3.8) is 0 Å². The number of hydrogen-bond acceptors (Lipinski definition) is 0. The second-order valence-electron chi connectivity index (χ2n) is 3.64. The molecule has 0 fully saturated rings. The average molecular weight is 256 g/mol. The van der Waals surface area contributed by atoms with Crippen LogP contribution in [0.4, 0.5) is 26.3 Å². The molecule has 0 nitrogen and oxygen atoms in total. The summed E-state index contributed by atoms with van der Waals surface area (Å²) in [6.07, 6.45) is -10.1. The molecule has 0 N–H and O–H groups in total. The average Bonchev–Trinajstić information content (AvgIpc) is 2.13. The van der Waals surface area contributed by atoms with Crippen LogP contribution in [0.2, 0.25) is 0 Å². The summed E-state index contributed by atoms with van der Waals surface area (Å²) >= 11 is 0. The molecule has 1 rings (SSSR count). The predicted octanol–water partition coefficient (Wildman–Crippen LogP) is 4.60. The van der Waals surface area contributed by atoms with Crippen molar-refractivity contribution in [2.75, 3.05) is 0 Å². The quantitative estimate of drug-likeness (QED) is 0.644. The van der Waals surface area contributed by atoms with E-state index in [1.807, 2.05) is 0 Å². The summed E-state index contributed by atoms with van der Waals surface area (Å²) in [6.45, 7) is 2.41. The van der Waals surface area contributed by atoms with Gasteiger partial charge in [-0.3, -0.25) is 0 Å². The van der Waals surface area contributed by atoms with Crippen molar-refractivity contribution in [1.82, 2.24) is 0 Å². The van der Waals surface area contributed by atoms with Gasteiger partial charge in [-0.05, 0) is 24.5 Å². The minimum Gasteiger partial charge on any atom is -0.166 e. The number of aryl methyl sites for hydroxylation is 2. The van der Waals surface area contributed by atoms with E-state index in [9.17, 15) is 26.3 Å². The molecule has 0 unspecified atom stereocenters. The third kappa shape index (κ3) is 2.73. The summed E-state index contributed by atoms with van der Waals surface area (Å²) in [5.74, 6) is 0. The van der Waals surface area contributed by atoms with Gasteiger partial charge in [-0.15, -0.1) is 0 Å². The van der Waals surface area contributed by atoms with E-state index < -0.39 is 29.0 Å². The van der Waals surface area contributed by atoms with Gasteiger partial charge in [0.1, 0.15) is 0 Å². The third-order valence-electron chi connectivity index (χ3n) is 2.45. The minimum absolute atomic E-state index is 0.0990. The number of hydrogen-bond donors (Lipinski definition) is 0. The van der Waals surface area contributed by atoms with Crippen LogP contribution in [0, 0.1) is 6.92 Å². The van der Waals surface area contributed by atoms with Crippen molar-refractivity contribution in [3.8, 4) is 0 Å². The number of rotatable bonds is 1. The molecule has 0 amide bonds. The fourth-order valence-corrected chi connectivity index (χ4v) is 1.73. The largest absolute Gasteiger partial charge is 0.417 e. The smallest absolute Gasteiger partial charge is 0.166 e. The highest BCUT2D eigenvalue weighted by Gasteiger charge is 2.45. The van der Waals surface area contributed by atoms with Crippen molar-refractivity contribution in [1.29, 1.82) is 0 Å². The molecule has 0 aliphatic carbocycles. The van der Waals surface area contributed by atoms with Crippen LogP contribution in [0.1, 0.15) is 29.2 Å². The molecule has 1 aromatic rings. The molecule has 0 saturated heterocycles. The van der Waals surface area contributed by atoms with Gasteiger partial charge < -0.3 is 0 Å². The van der Waals surface area contributed by atoms with Crippen LogP contribution in [-0.2, 0) is 18.8 Å². The van der Waals surface area contributed by atoms with Crippen molar-refractivity contribution in [3.05, 3.63) is 34.4 Å². The fourth-order valence-electron chi connectivity index (χ4n) is 1.73. The molecular formula is C11H10F6. The Balaban J connectivity index is 3.67.